The fraction of sp³-hybridized carbons (Fsp3) is 0.200. The van der Waals surface area contributed by atoms with Crippen molar-refractivity contribution in [3.63, 3.8) is 0 Å². The molecule has 0 fully saturated rings. The van der Waals surface area contributed by atoms with Crippen molar-refractivity contribution in [2.45, 2.75) is 36.6 Å². The van der Waals surface area contributed by atoms with E-state index < -0.39 is 9.85 Å². The van der Waals surface area contributed by atoms with Crippen molar-refractivity contribution in [2.24, 2.45) is 0 Å². The molecule has 1 N–H and O–H groups in total. The number of amides is 1. The zero-order chi connectivity index (χ0) is 22.5. The van der Waals surface area contributed by atoms with Gasteiger partial charge in [-0.2, -0.15) is 5.10 Å². The number of rotatable bonds is 8. The van der Waals surface area contributed by atoms with Crippen molar-refractivity contribution < 1.29 is 14.6 Å². The van der Waals surface area contributed by atoms with E-state index in [1.54, 1.807) is 6.07 Å². The Hall–Kier alpha value is -3.73. The second-order valence-corrected chi connectivity index (χ2v) is 7.95. The average Bonchev–Trinajstić information content (AvgIpc) is 3.09. The smallest absolute Gasteiger partial charge is 0.309 e. The normalized spacial score (nSPS) is 10.6. The minimum absolute atomic E-state index is 0.00139. The molecule has 3 rings (SSSR count). The molecule has 0 radical (unpaired) electrons. The van der Waals surface area contributed by atoms with E-state index in [0.717, 1.165) is 10.5 Å². The van der Waals surface area contributed by atoms with E-state index in [4.69, 9.17) is 0 Å². The summed E-state index contributed by atoms with van der Waals surface area (Å²) in [4.78, 5) is 35.0. The Morgan fingerprint density at radius 2 is 1.77 bits per heavy atom. The van der Waals surface area contributed by atoms with Gasteiger partial charge in [-0.25, -0.2) is 0 Å². The van der Waals surface area contributed by atoms with Crippen molar-refractivity contribution in [1.82, 2.24) is 9.78 Å². The first-order valence-electron chi connectivity index (χ1n) is 9.23. The van der Waals surface area contributed by atoms with Crippen LogP contribution in [-0.4, -0.2) is 25.5 Å². The third-order valence-corrected chi connectivity index (χ3v) is 5.31. The van der Waals surface area contributed by atoms with Gasteiger partial charge in [0.1, 0.15) is 11.9 Å². The summed E-state index contributed by atoms with van der Waals surface area (Å²) >= 11 is 1.35. The molecule has 11 heteroatoms. The number of carbonyl (C=O) groups excluding carboxylic acids is 1. The average molecular weight is 441 g/mol. The summed E-state index contributed by atoms with van der Waals surface area (Å²) in [5.41, 5.74) is 1.43. The molecule has 2 aromatic carbocycles. The van der Waals surface area contributed by atoms with Crippen molar-refractivity contribution in [3.05, 3.63) is 80.1 Å². The van der Waals surface area contributed by atoms with Crippen LogP contribution < -0.4 is 5.32 Å². The number of aryl methyl sites for hydroxylation is 3. The third-order valence-electron chi connectivity index (χ3n) is 4.33. The highest BCUT2D eigenvalue weighted by Gasteiger charge is 2.16. The van der Waals surface area contributed by atoms with Crippen LogP contribution in [-0.2, 0) is 11.3 Å². The summed E-state index contributed by atoms with van der Waals surface area (Å²) in [5.74, 6) is -0.386. The summed E-state index contributed by atoms with van der Waals surface area (Å²) in [5, 5.41) is 28.9. The molecule has 0 aliphatic rings. The van der Waals surface area contributed by atoms with Crippen LogP contribution in [0, 0.1) is 34.1 Å². The van der Waals surface area contributed by atoms with Gasteiger partial charge in [-0.15, -0.1) is 0 Å². The summed E-state index contributed by atoms with van der Waals surface area (Å²) in [7, 11) is 0. The molecule has 0 unspecified atom stereocenters. The Kier molecular flexibility index (Phi) is 6.65. The number of non-ortho nitro benzene ring substituents is 1. The lowest BCUT2D eigenvalue weighted by Crippen LogP contribution is -2.15. The quantitative estimate of drug-likeness (QED) is 0.402. The maximum absolute atomic E-state index is 12.3. The molecule has 1 aromatic heterocycles. The molecule has 0 atom stereocenters. The Bertz CT molecular complexity index is 1140. The molecule has 0 saturated heterocycles. The van der Waals surface area contributed by atoms with Gasteiger partial charge in [0.25, 0.3) is 5.69 Å². The Morgan fingerprint density at radius 3 is 2.39 bits per heavy atom. The van der Waals surface area contributed by atoms with Crippen molar-refractivity contribution in [3.8, 4) is 0 Å². The predicted molar refractivity (Wildman–Crippen MR) is 115 cm³/mol. The Balaban J connectivity index is 1.70. The van der Waals surface area contributed by atoms with E-state index in [9.17, 15) is 25.0 Å². The second-order valence-electron chi connectivity index (χ2n) is 6.81. The number of nitrogens with one attached hydrogen (secondary N) is 1. The number of carbonyl (C=O) groups is 1. The van der Waals surface area contributed by atoms with Crippen molar-refractivity contribution in [2.75, 3.05) is 5.32 Å². The van der Waals surface area contributed by atoms with Crippen LogP contribution >= 0.6 is 11.8 Å². The van der Waals surface area contributed by atoms with Gasteiger partial charge in [0, 0.05) is 40.6 Å². The van der Waals surface area contributed by atoms with Crippen molar-refractivity contribution >= 4 is 34.7 Å². The fourth-order valence-corrected chi connectivity index (χ4v) is 3.71. The van der Waals surface area contributed by atoms with Crippen LogP contribution in [0.25, 0.3) is 0 Å². The van der Waals surface area contributed by atoms with Crippen LogP contribution in [0.5, 0.6) is 0 Å². The zero-order valence-corrected chi connectivity index (χ0v) is 17.6. The molecule has 0 bridgehead atoms. The molecule has 1 amide bonds. The van der Waals surface area contributed by atoms with Gasteiger partial charge in [-0.1, -0.05) is 29.5 Å². The molecule has 0 aliphatic carbocycles. The molecule has 31 heavy (non-hydrogen) atoms. The van der Waals surface area contributed by atoms with Crippen LogP contribution in [0.1, 0.15) is 17.7 Å². The monoisotopic (exact) mass is 441 g/mol. The van der Waals surface area contributed by atoms with Crippen LogP contribution in [0.15, 0.2) is 58.5 Å². The minimum atomic E-state index is -0.532. The lowest BCUT2D eigenvalue weighted by molar-refractivity contribution is -0.385. The highest BCUT2D eigenvalue weighted by atomic mass is 32.2. The SMILES string of the molecule is Cc1ccc(Sc2cc(NC(=O)CCn3cc([N+](=O)[O-])c(C)n3)cc([N+](=O)[O-])c2)cc1. The molecule has 0 saturated carbocycles. The zero-order valence-electron chi connectivity index (χ0n) is 16.8. The van der Waals surface area contributed by atoms with Gasteiger partial charge >= 0.3 is 5.69 Å². The third kappa shape index (κ3) is 5.89. The molecule has 0 aliphatic heterocycles. The number of nitro groups is 2. The van der Waals surface area contributed by atoms with Gasteiger partial charge in [-0.05, 0) is 32.0 Å². The van der Waals surface area contributed by atoms with E-state index in [2.05, 4.69) is 10.4 Å². The minimum Gasteiger partial charge on any atom is -0.326 e. The molecular formula is C20H19N5O5S. The number of aromatic nitrogens is 2. The van der Waals surface area contributed by atoms with E-state index in [-0.39, 0.29) is 35.9 Å². The number of nitro benzene ring substituents is 1. The summed E-state index contributed by atoms with van der Waals surface area (Å²) in [6.45, 7) is 3.63. The van der Waals surface area contributed by atoms with E-state index in [1.165, 1.54) is 41.7 Å². The number of hydrogen-bond donors (Lipinski definition) is 1. The highest BCUT2D eigenvalue weighted by molar-refractivity contribution is 7.99. The molecule has 3 aromatic rings. The summed E-state index contributed by atoms with van der Waals surface area (Å²) in [6.07, 6.45) is 1.27. The van der Waals surface area contributed by atoms with Gasteiger partial charge in [0.05, 0.1) is 9.85 Å². The highest BCUT2D eigenvalue weighted by Crippen LogP contribution is 2.33. The molecule has 1 heterocycles. The predicted octanol–water partition coefficient (Wildman–Crippen LogP) is 4.50. The van der Waals surface area contributed by atoms with Crippen LogP contribution in [0.2, 0.25) is 0 Å². The molecular weight excluding hydrogens is 422 g/mol. The molecule has 160 valence electrons. The largest absolute Gasteiger partial charge is 0.326 e. The van der Waals surface area contributed by atoms with E-state index in [1.807, 2.05) is 31.2 Å². The number of nitrogens with zero attached hydrogens (tertiary/aromatic N) is 4. The van der Waals surface area contributed by atoms with Gasteiger partial charge < -0.3 is 5.32 Å². The maximum atomic E-state index is 12.3. The maximum Gasteiger partial charge on any atom is 0.309 e. The first kappa shape index (κ1) is 22.0. The number of hydrogen-bond acceptors (Lipinski definition) is 7. The van der Waals surface area contributed by atoms with Gasteiger partial charge in [0.15, 0.2) is 0 Å². The van der Waals surface area contributed by atoms with Gasteiger partial charge in [0.2, 0.25) is 5.91 Å². The first-order valence-corrected chi connectivity index (χ1v) is 10.1. The first-order chi connectivity index (χ1) is 14.7. The van der Waals surface area contributed by atoms with E-state index >= 15 is 0 Å². The lowest BCUT2D eigenvalue weighted by atomic mass is 10.2. The number of anilines is 1. The Morgan fingerprint density at radius 1 is 1.06 bits per heavy atom. The topological polar surface area (TPSA) is 133 Å². The van der Waals surface area contributed by atoms with Crippen LogP contribution in [0.3, 0.4) is 0 Å². The molecule has 0 spiro atoms. The lowest BCUT2D eigenvalue weighted by Gasteiger charge is -2.08. The summed E-state index contributed by atoms with van der Waals surface area (Å²) in [6, 6.07) is 12.1. The summed E-state index contributed by atoms with van der Waals surface area (Å²) < 4.78 is 1.33. The van der Waals surface area contributed by atoms with E-state index in [0.29, 0.717) is 10.6 Å². The Labute approximate surface area is 181 Å². The number of benzene rings is 2. The molecule has 10 nitrogen and oxygen atoms in total. The van der Waals surface area contributed by atoms with Crippen molar-refractivity contribution in [1.29, 1.82) is 0 Å². The fourth-order valence-electron chi connectivity index (χ4n) is 2.80. The second kappa shape index (κ2) is 9.39. The van der Waals surface area contributed by atoms with Crippen LogP contribution in [0.4, 0.5) is 17.1 Å². The standard InChI is InChI=1S/C20H19N5O5S/c1-13-3-5-17(6-4-13)31-18-10-15(9-16(11-18)24(27)28)21-20(26)7-8-23-12-19(25(29)30)14(2)22-23/h3-6,9-12H,7-8H2,1-2H3,(H,21,26). The van der Waals surface area contributed by atoms with Gasteiger partial charge in [-0.3, -0.25) is 29.7 Å².